The summed E-state index contributed by atoms with van der Waals surface area (Å²) >= 11 is 6.27. The Kier molecular flexibility index (Phi) is 16.9. The molecule has 1 aliphatic carbocycles. The number of pyridine rings is 1. The summed E-state index contributed by atoms with van der Waals surface area (Å²) in [5.41, 5.74) is 6.27. The fraction of sp³-hybridized carbons (Fsp3) is 0.365. The molecule has 1 atom stereocenters. The molecule has 0 spiro atoms. The van der Waals surface area contributed by atoms with Gasteiger partial charge in [0.15, 0.2) is 0 Å². The Bertz CT molecular complexity index is 3860. The van der Waals surface area contributed by atoms with Crippen molar-refractivity contribution in [1.82, 2.24) is 34.7 Å². The van der Waals surface area contributed by atoms with Gasteiger partial charge in [0.2, 0.25) is 11.8 Å². The Morgan fingerprint density at radius 1 is 0.882 bits per heavy atom. The molecule has 2 aromatic heterocycles. The van der Waals surface area contributed by atoms with E-state index in [9.17, 15) is 42.5 Å². The number of aromatic amines is 1. The number of nitro groups is 1. The number of unbranched alkanes of at least 4 members (excludes halogenated alkanes) is 1. The first kappa shape index (κ1) is 58.4. The van der Waals surface area contributed by atoms with Crippen molar-refractivity contribution in [2.45, 2.75) is 82.6 Å². The van der Waals surface area contributed by atoms with Crippen molar-refractivity contribution in [3.63, 3.8) is 0 Å². The zero-order chi connectivity index (χ0) is 59.6. The van der Waals surface area contributed by atoms with Crippen LogP contribution in [-0.2, 0) is 19.6 Å². The number of H-pyrrole nitrogens is 1. The zero-order valence-corrected chi connectivity index (χ0v) is 48.8. The highest BCUT2D eigenvalue weighted by Gasteiger charge is 2.45. The molecule has 3 saturated heterocycles. The summed E-state index contributed by atoms with van der Waals surface area (Å²) in [7, 11) is -4.64. The van der Waals surface area contributed by atoms with E-state index in [0.29, 0.717) is 48.0 Å². The minimum atomic E-state index is -4.64. The summed E-state index contributed by atoms with van der Waals surface area (Å²) in [6.45, 7) is 11.3. The Hall–Kier alpha value is -8.42. The van der Waals surface area contributed by atoms with E-state index in [1.807, 2.05) is 18.2 Å². The number of piperidine rings is 2. The fourth-order valence-corrected chi connectivity index (χ4v) is 13.1. The van der Waals surface area contributed by atoms with Crippen molar-refractivity contribution in [2.24, 2.45) is 11.3 Å². The van der Waals surface area contributed by atoms with Crippen molar-refractivity contribution in [2.75, 3.05) is 69.1 Å². The number of halogens is 1. The number of nitrogens with zero attached hydrogens (tertiary/aromatic N) is 6. The third-order valence-electron chi connectivity index (χ3n) is 16.8. The van der Waals surface area contributed by atoms with Gasteiger partial charge in [-0.2, -0.15) is 0 Å². The first-order valence-electron chi connectivity index (χ1n) is 28.7. The van der Waals surface area contributed by atoms with Gasteiger partial charge in [-0.15, -0.1) is 0 Å². The quantitative estimate of drug-likeness (QED) is 0.0218. The number of nitrogens with one attached hydrogen (secondary N) is 4. The lowest BCUT2D eigenvalue weighted by molar-refractivity contribution is -0.384. The number of carbonyl (C=O) groups excluding carboxylic acids is 5. The monoisotopic (exact) mass is 1190 g/mol. The van der Waals surface area contributed by atoms with Gasteiger partial charge >= 0.3 is 0 Å². The highest BCUT2D eigenvalue weighted by molar-refractivity contribution is 7.90. The van der Waals surface area contributed by atoms with E-state index in [1.54, 1.807) is 42.6 Å². The molecule has 0 bridgehead atoms. The van der Waals surface area contributed by atoms with Gasteiger partial charge in [0.25, 0.3) is 33.4 Å². The Balaban J connectivity index is 0.686. The highest BCUT2D eigenvalue weighted by Crippen LogP contribution is 2.44. The molecule has 0 saturated carbocycles. The summed E-state index contributed by atoms with van der Waals surface area (Å²) in [6, 6.07) is 24.1. The number of allylic oxidation sites excluding steroid dienone is 1. The molecule has 85 heavy (non-hydrogen) atoms. The number of hydrogen-bond acceptors (Lipinski definition) is 15. The summed E-state index contributed by atoms with van der Waals surface area (Å²) in [5.74, 6) is 3.62. The molecule has 0 radical (unpaired) electrons. The maximum atomic E-state index is 14.1. The van der Waals surface area contributed by atoms with Crippen LogP contribution in [0.25, 0.3) is 16.6 Å². The fourth-order valence-electron chi connectivity index (χ4n) is 12.0. The first-order chi connectivity index (χ1) is 40.8. The highest BCUT2D eigenvalue weighted by atomic mass is 35.5. The van der Waals surface area contributed by atoms with Crippen molar-refractivity contribution >= 4 is 84.8 Å². The number of amides is 5. The van der Waals surface area contributed by atoms with Crippen LogP contribution < -0.4 is 25.0 Å². The van der Waals surface area contributed by atoms with Gasteiger partial charge in [-0.1, -0.05) is 55.0 Å². The smallest absolute Gasteiger partial charge is 0.293 e. The number of fused-ring (bicyclic) bond motifs is 2. The molecule has 5 aliphatic rings. The molecular formula is C63H65ClN10O10S. The Morgan fingerprint density at radius 3 is 2.42 bits per heavy atom. The number of rotatable bonds is 17. The maximum Gasteiger partial charge on any atom is 0.293 e. The molecular weight excluding hydrogens is 1120 g/mol. The molecule has 4 aromatic carbocycles. The van der Waals surface area contributed by atoms with Crippen molar-refractivity contribution in [3.05, 3.63) is 152 Å². The second-order valence-corrected chi connectivity index (χ2v) is 25.3. The second kappa shape index (κ2) is 24.7. The van der Waals surface area contributed by atoms with E-state index in [0.717, 1.165) is 99.8 Å². The molecule has 1 unspecified atom stereocenters. The number of likely N-dealkylation sites (tertiary alicyclic amines) is 1. The normalized spacial score (nSPS) is 18.7. The minimum absolute atomic E-state index is 0.0405. The number of imide groups is 2. The van der Waals surface area contributed by atoms with Gasteiger partial charge in [0, 0.05) is 92.1 Å². The van der Waals surface area contributed by atoms with Crippen molar-refractivity contribution < 1.29 is 42.1 Å². The van der Waals surface area contributed by atoms with Crippen LogP contribution >= 0.6 is 11.6 Å². The second-order valence-electron chi connectivity index (χ2n) is 23.2. The number of sulfonamides is 1. The molecule has 3 fully saturated rings. The maximum absolute atomic E-state index is 14.1. The van der Waals surface area contributed by atoms with Gasteiger partial charge in [0.1, 0.15) is 28.9 Å². The van der Waals surface area contributed by atoms with Gasteiger partial charge in [0.05, 0.1) is 32.7 Å². The summed E-state index contributed by atoms with van der Waals surface area (Å²) in [4.78, 5) is 91.2. The summed E-state index contributed by atoms with van der Waals surface area (Å²) < 4.78 is 36.4. The Labute approximate surface area is 497 Å². The van der Waals surface area contributed by atoms with Gasteiger partial charge in [-0.05, 0) is 154 Å². The lowest BCUT2D eigenvalue weighted by atomic mass is 9.72. The third-order valence-corrected chi connectivity index (χ3v) is 18.4. The van der Waals surface area contributed by atoms with Crippen LogP contribution in [0.1, 0.15) is 114 Å². The van der Waals surface area contributed by atoms with Crippen molar-refractivity contribution in [1.29, 1.82) is 0 Å². The van der Waals surface area contributed by atoms with Crippen LogP contribution in [0.15, 0.2) is 114 Å². The molecule has 5 amide bonds. The molecule has 4 aliphatic heterocycles. The van der Waals surface area contributed by atoms with Crippen LogP contribution in [-0.4, -0.2) is 132 Å². The van der Waals surface area contributed by atoms with Crippen LogP contribution in [0.4, 0.5) is 17.1 Å². The number of anilines is 2. The summed E-state index contributed by atoms with van der Waals surface area (Å²) in [5, 5.41) is 19.3. The number of ether oxygens (including phenoxy) is 1. The van der Waals surface area contributed by atoms with Crippen LogP contribution in [0.3, 0.4) is 0 Å². The van der Waals surface area contributed by atoms with Crippen molar-refractivity contribution in [3.8, 4) is 23.3 Å². The molecule has 20 nitrogen and oxygen atoms in total. The average molecular weight is 1190 g/mol. The van der Waals surface area contributed by atoms with E-state index in [4.69, 9.17) is 16.3 Å². The molecule has 4 N–H and O–H groups in total. The van der Waals surface area contributed by atoms with Crippen LogP contribution in [0.2, 0.25) is 5.02 Å². The largest absolute Gasteiger partial charge is 0.455 e. The number of aromatic nitrogens is 2. The lowest BCUT2D eigenvalue weighted by Gasteiger charge is -2.39. The molecule has 11 rings (SSSR count). The first-order valence-corrected chi connectivity index (χ1v) is 30.6. The van der Waals surface area contributed by atoms with E-state index in [1.165, 1.54) is 41.1 Å². The topological polar surface area (TPSA) is 250 Å². The van der Waals surface area contributed by atoms with E-state index in [2.05, 4.69) is 77.8 Å². The molecule has 6 heterocycles. The molecule has 440 valence electrons. The molecule has 6 aromatic rings. The molecule has 22 heteroatoms. The van der Waals surface area contributed by atoms with Gasteiger partial charge in [-0.3, -0.25) is 49.2 Å². The van der Waals surface area contributed by atoms with E-state index < -0.39 is 61.1 Å². The van der Waals surface area contributed by atoms with Gasteiger partial charge in [-0.25, -0.2) is 18.1 Å². The number of carbonyl (C=O) groups is 5. The SMILES string of the molecule is CC1(C)CCC(CN2CCN(c3ccc(C(=O)NS(=O)(=O)c4ccc(NCC5CCN(CCCC#Cc6ccc7c(c6)C(=O)N(C6CCC(=O)NC6=O)C7=O)CC5)c([N+](=O)[O-])c4)c(Oc4cnc5[nH]ccc5c4)c3)CC2)=C(c2ccc(Cl)cc2)C1. The van der Waals surface area contributed by atoms with Crippen LogP contribution in [0.5, 0.6) is 11.5 Å². The Morgan fingerprint density at radius 2 is 1.66 bits per heavy atom. The van der Waals surface area contributed by atoms with Gasteiger partial charge < -0.3 is 24.8 Å². The average Bonchev–Trinajstić information content (AvgIpc) is 2.48. The van der Waals surface area contributed by atoms with E-state index >= 15 is 0 Å². The number of hydrogen-bond donors (Lipinski definition) is 4. The predicted octanol–water partition coefficient (Wildman–Crippen LogP) is 9.18. The summed E-state index contributed by atoms with van der Waals surface area (Å²) in [6.07, 6.45) is 9.55. The number of piperazine rings is 1. The van der Waals surface area contributed by atoms with E-state index in [-0.39, 0.29) is 52.3 Å². The standard InChI is InChI=1S/C63H65ClN10O10S/c1-63(2)23-19-44(52(36-63)42-8-10-45(64)11-9-42)39-71-28-30-72(31-29-71)46-12-15-50(56(34-46)84-47-33-43-20-24-65-58(43)67-38-47)59(76)69-85(82,83)48-13-16-53(55(35-48)74(80)81)66-37-41-21-26-70(27-22-41)25-5-3-4-6-40-7-14-49-51(32-40)62(79)73(61(49)78)54-17-18-57(75)68-60(54)77/h7-16,20,24,32-35,38,41,54,66H,3,5,17-19,21-23,25-31,36-37,39H2,1-2H3,(H,65,67)(H,69,76)(H,68,75,77). The predicted molar refractivity (Wildman–Crippen MR) is 322 cm³/mol. The lowest BCUT2D eigenvalue weighted by Crippen LogP contribution is -2.54. The van der Waals surface area contributed by atoms with Crippen LogP contribution in [0, 0.1) is 33.3 Å². The minimum Gasteiger partial charge on any atom is -0.455 e. The number of benzene rings is 4. The number of nitro benzene ring substituents is 1. The zero-order valence-electron chi connectivity index (χ0n) is 47.2. The third kappa shape index (κ3) is 13.3.